The van der Waals surface area contributed by atoms with Crippen LogP contribution in [0.15, 0.2) is 48.5 Å². The average molecular weight is 314 g/mol. The monoisotopic (exact) mass is 314 g/mol. The number of methoxy groups -OCH3 is 2. The normalized spacial score (nSPS) is 9.83. The minimum absolute atomic E-state index is 0.106. The molecule has 0 aliphatic carbocycles. The number of hydrogen-bond donors (Lipinski definition) is 2. The summed E-state index contributed by atoms with van der Waals surface area (Å²) in [6, 6.07) is 13.8. The maximum Gasteiger partial charge on any atom is 0.337 e. The first-order chi connectivity index (χ1) is 11.1. The van der Waals surface area contributed by atoms with Crippen LogP contribution in [-0.2, 0) is 9.53 Å². The number of anilines is 2. The number of rotatable bonds is 6. The van der Waals surface area contributed by atoms with Crippen molar-refractivity contribution in [2.75, 3.05) is 31.4 Å². The molecule has 0 saturated heterocycles. The van der Waals surface area contributed by atoms with E-state index in [1.807, 2.05) is 12.1 Å². The van der Waals surface area contributed by atoms with Crippen molar-refractivity contribution in [3.8, 4) is 5.75 Å². The van der Waals surface area contributed by atoms with Crippen LogP contribution in [0.2, 0.25) is 0 Å². The van der Waals surface area contributed by atoms with Crippen molar-refractivity contribution < 1.29 is 19.1 Å². The van der Waals surface area contributed by atoms with Gasteiger partial charge >= 0.3 is 5.97 Å². The molecule has 0 fully saturated rings. The summed E-state index contributed by atoms with van der Waals surface area (Å²) >= 11 is 0. The van der Waals surface area contributed by atoms with Crippen LogP contribution in [-0.4, -0.2) is 32.6 Å². The maximum atomic E-state index is 11.9. The zero-order valence-electron chi connectivity index (χ0n) is 13.0. The number of carbonyl (C=O) groups excluding carboxylic acids is 2. The first-order valence-electron chi connectivity index (χ1n) is 6.98. The number of amides is 1. The fraction of sp³-hybridized carbons (Fsp3) is 0.176. The van der Waals surface area contributed by atoms with Gasteiger partial charge in [0.05, 0.1) is 26.3 Å². The largest absolute Gasteiger partial charge is 0.497 e. The molecule has 0 saturated carbocycles. The summed E-state index contributed by atoms with van der Waals surface area (Å²) in [5, 5.41) is 5.73. The van der Waals surface area contributed by atoms with Crippen molar-refractivity contribution >= 4 is 23.3 Å². The SMILES string of the molecule is COC(=O)c1cccc(NC(=O)CNc2ccc(OC)cc2)c1. The minimum atomic E-state index is -0.447. The van der Waals surface area contributed by atoms with E-state index < -0.39 is 5.97 Å². The third kappa shape index (κ3) is 4.74. The summed E-state index contributed by atoms with van der Waals surface area (Å²) in [5.41, 5.74) is 1.73. The van der Waals surface area contributed by atoms with E-state index in [-0.39, 0.29) is 12.5 Å². The lowest BCUT2D eigenvalue weighted by molar-refractivity contribution is -0.114. The molecule has 1 amide bonds. The number of ether oxygens (including phenoxy) is 2. The summed E-state index contributed by atoms with van der Waals surface area (Å²) in [6.07, 6.45) is 0. The highest BCUT2D eigenvalue weighted by Crippen LogP contribution is 2.15. The van der Waals surface area contributed by atoms with Gasteiger partial charge < -0.3 is 20.1 Å². The number of carbonyl (C=O) groups is 2. The molecule has 2 aromatic carbocycles. The second-order valence-electron chi connectivity index (χ2n) is 4.70. The lowest BCUT2D eigenvalue weighted by atomic mass is 10.2. The summed E-state index contributed by atoms with van der Waals surface area (Å²) < 4.78 is 9.71. The van der Waals surface area contributed by atoms with Crippen molar-refractivity contribution in [2.24, 2.45) is 0 Å². The Morgan fingerprint density at radius 1 is 1.00 bits per heavy atom. The fourth-order valence-corrected chi connectivity index (χ4v) is 1.94. The summed E-state index contributed by atoms with van der Waals surface area (Å²) in [6.45, 7) is 0.106. The maximum absolute atomic E-state index is 11.9. The van der Waals surface area contributed by atoms with Gasteiger partial charge in [-0.25, -0.2) is 4.79 Å². The second kappa shape index (κ2) is 7.84. The standard InChI is InChI=1S/C17H18N2O4/c1-22-15-8-6-13(7-9-15)18-11-16(20)19-14-5-3-4-12(10-14)17(21)23-2/h3-10,18H,11H2,1-2H3,(H,19,20). The van der Waals surface area contributed by atoms with E-state index in [0.29, 0.717) is 11.3 Å². The highest BCUT2D eigenvalue weighted by molar-refractivity contribution is 5.96. The van der Waals surface area contributed by atoms with Gasteiger partial charge in [0.25, 0.3) is 0 Å². The number of benzene rings is 2. The van der Waals surface area contributed by atoms with Gasteiger partial charge in [-0.3, -0.25) is 4.79 Å². The van der Waals surface area contributed by atoms with E-state index in [2.05, 4.69) is 15.4 Å². The zero-order valence-corrected chi connectivity index (χ0v) is 13.0. The van der Waals surface area contributed by atoms with E-state index in [1.165, 1.54) is 7.11 Å². The Hall–Kier alpha value is -3.02. The van der Waals surface area contributed by atoms with Crippen LogP contribution in [0.5, 0.6) is 5.75 Å². The van der Waals surface area contributed by atoms with E-state index in [1.54, 1.807) is 43.5 Å². The van der Waals surface area contributed by atoms with Crippen LogP contribution >= 0.6 is 0 Å². The molecule has 23 heavy (non-hydrogen) atoms. The van der Waals surface area contributed by atoms with E-state index in [9.17, 15) is 9.59 Å². The number of esters is 1. The summed E-state index contributed by atoms with van der Waals surface area (Å²) in [5.74, 6) is 0.0833. The molecule has 0 aromatic heterocycles. The van der Waals surface area contributed by atoms with E-state index in [4.69, 9.17) is 4.74 Å². The second-order valence-corrected chi connectivity index (χ2v) is 4.70. The Bertz CT molecular complexity index is 683. The molecule has 2 N–H and O–H groups in total. The Morgan fingerprint density at radius 3 is 2.39 bits per heavy atom. The molecule has 120 valence electrons. The van der Waals surface area contributed by atoms with E-state index >= 15 is 0 Å². The third-order valence-corrected chi connectivity index (χ3v) is 3.11. The Balaban J connectivity index is 1.90. The summed E-state index contributed by atoms with van der Waals surface area (Å²) in [4.78, 5) is 23.4. The molecule has 0 radical (unpaired) electrons. The first-order valence-corrected chi connectivity index (χ1v) is 6.98. The van der Waals surface area contributed by atoms with Crippen molar-refractivity contribution in [3.05, 3.63) is 54.1 Å². The van der Waals surface area contributed by atoms with Crippen molar-refractivity contribution in [1.82, 2.24) is 0 Å². The number of nitrogens with one attached hydrogen (secondary N) is 2. The molecule has 0 heterocycles. The van der Waals surface area contributed by atoms with Gasteiger partial charge in [-0.2, -0.15) is 0 Å². The van der Waals surface area contributed by atoms with Crippen molar-refractivity contribution in [2.45, 2.75) is 0 Å². The van der Waals surface area contributed by atoms with Crippen LogP contribution in [0, 0.1) is 0 Å². The lowest BCUT2D eigenvalue weighted by Crippen LogP contribution is -2.21. The van der Waals surface area contributed by atoms with Crippen LogP contribution in [0.25, 0.3) is 0 Å². The quantitative estimate of drug-likeness (QED) is 0.801. The predicted molar refractivity (Wildman–Crippen MR) is 87.9 cm³/mol. The molecule has 2 rings (SSSR count). The van der Waals surface area contributed by atoms with Gasteiger partial charge in [0, 0.05) is 11.4 Å². The Kier molecular flexibility index (Phi) is 5.57. The molecule has 0 atom stereocenters. The topological polar surface area (TPSA) is 76.7 Å². The molecule has 6 nitrogen and oxygen atoms in total. The van der Waals surface area contributed by atoms with Gasteiger partial charge in [0.1, 0.15) is 5.75 Å². The van der Waals surface area contributed by atoms with Crippen LogP contribution in [0.1, 0.15) is 10.4 Å². The highest BCUT2D eigenvalue weighted by atomic mass is 16.5. The molecular formula is C17H18N2O4. The fourth-order valence-electron chi connectivity index (χ4n) is 1.94. The van der Waals surface area contributed by atoms with Crippen molar-refractivity contribution in [1.29, 1.82) is 0 Å². The Labute approximate surface area is 134 Å². The van der Waals surface area contributed by atoms with Gasteiger partial charge in [-0.15, -0.1) is 0 Å². The average Bonchev–Trinajstić information content (AvgIpc) is 2.60. The molecule has 0 unspecified atom stereocenters. The first kappa shape index (κ1) is 16.4. The minimum Gasteiger partial charge on any atom is -0.497 e. The van der Waals surface area contributed by atoms with Crippen molar-refractivity contribution in [3.63, 3.8) is 0 Å². The third-order valence-electron chi connectivity index (χ3n) is 3.11. The zero-order chi connectivity index (χ0) is 16.7. The van der Waals surface area contributed by atoms with E-state index in [0.717, 1.165) is 11.4 Å². The molecule has 0 bridgehead atoms. The van der Waals surface area contributed by atoms with Gasteiger partial charge in [0.15, 0.2) is 0 Å². The molecular weight excluding hydrogens is 296 g/mol. The molecule has 2 aromatic rings. The van der Waals surface area contributed by atoms with Gasteiger partial charge in [0.2, 0.25) is 5.91 Å². The van der Waals surface area contributed by atoms with Crippen LogP contribution in [0.3, 0.4) is 0 Å². The smallest absolute Gasteiger partial charge is 0.337 e. The molecule has 6 heteroatoms. The lowest BCUT2D eigenvalue weighted by Gasteiger charge is -2.09. The summed E-state index contributed by atoms with van der Waals surface area (Å²) in [7, 11) is 2.91. The molecule has 0 spiro atoms. The molecule has 0 aliphatic heterocycles. The predicted octanol–water partition coefficient (Wildman–Crippen LogP) is 2.53. The van der Waals surface area contributed by atoms with Crippen LogP contribution in [0.4, 0.5) is 11.4 Å². The molecule has 0 aliphatic rings. The van der Waals surface area contributed by atoms with Gasteiger partial charge in [-0.05, 0) is 42.5 Å². The highest BCUT2D eigenvalue weighted by Gasteiger charge is 2.07. The van der Waals surface area contributed by atoms with Crippen LogP contribution < -0.4 is 15.4 Å². The number of hydrogen-bond acceptors (Lipinski definition) is 5. The Morgan fingerprint density at radius 2 is 1.74 bits per heavy atom. The van der Waals surface area contributed by atoms with Gasteiger partial charge in [-0.1, -0.05) is 6.07 Å².